The number of aliphatic hydroxyl groups is 1. The summed E-state index contributed by atoms with van der Waals surface area (Å²) in [6, 6.07) is 12.4. The molecule has 0 aromatic heterocycles. The molecule has 1 aliphatic heterocycles. The van der Waals surface area contributed by atoms with E-state index >= 15 is 0 Å². The molecule has 0 bridgehead atoms. The third kappa shape index (κ3) is 2.55. The van der Waals surface area contributed by atoms with Crippen LogP contribution in [0.3, 0.4) is 0 Å². The quantitative estimate of drug-likeness (QED) is 0.844. The van der Waals surface area contributed by atoms with Crippen molar-refractivity contribution in [1.29, 1.82) is 0 Å². The first-order valence-corrected chi connectivity index (χ1v) is 8.46. The monoisotopic (exact) mass is 304 g/mol. The average Bonchev–Trinajstić information content (AvgIpc) is 2.62. The van der Waals surface area contributed by atoms with E-state index in [2.05, 4.69) is 30.5 Å². The maximum absolute atomic E-state index is 10.5. The largest absolute Gasteiger partial charge is 0.497 e. The van der Waals surface area contributed by atoms with Crippen molar-refractivity contribution in [1.82, 2.24) is 0 Å². The van der Waals surface area contributed by atoms with Gasteiger partial charge in [-0.3, -0.25) is 0 Å². The first kappa shape index (κ1) is 13.9. The molecule has 1 atom stereocenters. The summed E-state index contributed by atoms with van der Waals surface area (Å²) in [4.78, 5) is 3.52. The number of rotatable bonds is 2. The van der Waals surface area contributed by atoms with E-state index < -0.39 is 6.10 Å². The second-order valence-corrected chi connectivity index (χ2v) is 6.66. The van der Waals surface area contributed by atoms with E-state index in [1.807, 2.05) is 12.1 Å². The predicted octanol–water partition coefficient (Wildman–Crippen LogP) is 4.16. The third-order valence-electron chi connectivity index (χ3n) is 3.48. The highest BCUT2D eigenvalue weighted by Crippen LogP contribution is 2.42. The highest BCUT2D eigenvalue weighted by molar-refractivity contribution is 7.99. The van der Waals surface area contributed by atoms with Crippen LogP contribution in [0.4, 0.5) is 0 Å². The second-order valence-electron chi connectivity index (χ2n) is 4.70. The molecule has 3 rings (SSSR count). The molecule has 0 amide bonds. The number of benzene rings is 2. The van der Waals surface area contributed by atoms with Crippen LogP contribution in [-0.2, 0) is 6.42 Å². The average molecular weight is 304 g/mol. The second kappa shape index (κ2) is 5.72. The summed E-state index contributed by atoms with van der Waals surface area (Å²) in [5.41, 5.74) is 2.17. The standard InChI is InChI=1S/C16H16O2S2/c1-18-11-3-5-15-10(7-11)8-14(17)13-9-12(19-2)4-6-16(13)20-15/h3-7,9,14,17H,8H2,1-2H3. The molecular weight excluding hydrogens is 288 g/mol. The van der Waals surface area contributed by atoms with Crippen molar-refractivity contribution in [3.8, 4) is 5.75 Å². The van der Waals surface area contributed by atoms with Gasteiger partial charge in [0.15, 0.2) is 0 Å². The number of aliphatic hydroxyl groups excluding tert-OH is 1. The number of methoxy groups -OCH3 is 1. The van der Waals surface area contributed by atoms with Gasteiger partial charge in [-0.2, -0.15) is 0 Å². The molecule has 0 fully saturated rings. The number of hydrogen-bond acceptors (Lipinski definition) is 4. The van der Waals surface area contributed by atoms with Gasteiger partial charge in [-0.1, -0.05) is 11.8 Å². The van der Waals surface area contributed by atoms with Crippen LogP contribution in [0, 0.1) is 0 Å². The van der Waals surface area contributed by atoms with Crippen molar-refractivity contribution in [3.63, 3.8) is 0 Å². The van der Waals surface area contributed by atoms with Crippen LogP contribution in [0.1, 0.15) is 17.2 Å². The molecule has 4 heteroatoms. The van der Waals surface area contributed by atoms with Gasteiger partial charge in [-0.25, -0.2) is 0 Å². The van der Waals surface area contributed by atoms with Crippen LogP contribution in [0.5, 0.6) is 5.75 Å². The maximum atomic E-state index is 10.5. The Balaban J connectivity index is 2.05. The van der Waals surface area contributed by atoms with Crippen molar-refractivity contribution in [2.24, 2.45) is 0 Å². The summed E-state index contributed by atoms with van der Waals surface area (Å²) in [5, 5.41) is 10.5. The lowest BCUT2D eigenvalue weighted by Crippen LogP contribution is -2.02. The Bertz CT molecular complexity index is 640. The molecule has 1 N–H and O–H groups in total. The Hall–Kier alpha value is -1.10. The van der Waals surface area contributed by atoms with Crippen molar-refractivity contribution in [2.75, 3.05) is 13.4 Å². The van der Waals surface area contributed by atoms with Gasteiger partial charge in [0.05, 0.1) is 13.2 Å². The molecule has 2 nitrogen and oxygen atoms in total. The van der Waals surface area contributed by atoms with E-state index in [1.54, 1.807) is 30.6 Å². The van der Waals surface area contributed by atoms with E-state index in [0.29, 0.717) is 6.42 Å². The summed E-state index contributed by atoms with van der Waals surface area (Å²) in [7, 11) is 1.67. The Morgan fingerprint density at radius 2 is 2.00 bits per heavy atom. The molecule has 1 unspecified atom stereocenters. The molecule has 104 valence electrons. The number of fused-ring (bicyclic) bond motifs is 2. The van der Waals surface area contributed by atoms with E-state index in [9.17, 15) is 5.11 Å². The molecule has 2 aromatic rings. The molecule has 0 spiro atoms. The van der Waals surface area contributed by atoms with Crippen LogP contribution in [0.15, 0.2) is 51.1 Å². The fraction of sp³-hybridized carbons (Fsp3) is 0.250. The minimum Gasteiger partial charge on any atom is -0.497 e. The Kier molecular flexibility index (Phi) is 3.96. The van der Waals surface area contributed by atoms with E-state index in [1.165, 1.54) is 9.79 Å². The summed E-state index contributed by atoms with van der Waals surface area (Å²) in [6.45, 7) is 0. The topological polar surface area (TPSA) is 29.5 Å². The Morgan fingerprint density at radius 3 is 2.75 bits per heavy atom. The molecule has 0 radical (unpaired) electrons. The van der Waals surface area contributed by atoms with Crippen molar-refractivity contribution >= 4 is 23.5 Å². The highest BCUT2D eigenvalue weighted by atomic mass is 32.2. The fourth-order valence-corrected chi connectivity index (χ4v) is 3.93. The summed E-state index contributed by atoms with van der Waals surface area (Å²) < 4.78 is 5.28. The fourth-order valence-electron chi connectivity index (χ4n) is 2.39. The van der Waals surface area contributed by atoms with Crippen molar-refractivity contribution in [2.45, 2.75) is 27.2 Å². The molecule has 0 aliphatic carbocycles. The lowest BCUT2D eigenvalue weighted by Gasteiger charge is -2.12. The molecule has 2 aromatic carbocycles. The normalized spacial score (nSPS) is 17.1. The zero-order chi connectivity index (χ0) is 14.1. The molecule has 1 aliphatic rings. The van der Waals surface area contributed by atoms with Gasteiger partial charge in [-0.05, 0) is 53.8 Å². The summed E-state index contributed by atoms with van der Waals surface area (Å²) in [6.07, 6.45) is 2.22. The van der Waals surface area contributed by atoms with Gasteiger partial charge in [-0.15, -0.1) is 11.8 Å². The van der Waals surface area contributed by atoms with Gasteiger partial charge in [0, 0.05) is 21.1 Å². The van der Waals surface area contributed by atoms with E-state index in [-0.39, 0.29) is 0 Å². The maximum Gasteiger partial charge on any atom is 0.119 e. The van der Waals surface area contributed by atoms with Crippen molar-refractivity contribution in [3.05, 3.63) is 47.5 Å². The SMILES string of the molecule is COc1ccc2c(c1)CC(O)c1cc(SC)ccc1S2. The number of thioether (sulfide) groups is 1. The molecule has 0 saturated carbocycles. The first-order chi connectivity index (χ1) is 9.71. The first-order valence-electron chi connectivity index (χ1n) is 6.42. The van der Waals surface area contributed by atoms with Crippen LogP contribution in [-0.4, -0.2) is 18.5 Å². The van der Waals surface area contributed by atoms with Crippen LogP contribution < -0.4 is 4.74 Å². The minimum absolute atomic E-state index is 0.460. The smallest absolute Gasteiger partial charge is 0.119 e. The molecule has 1 heterocycles. The predicted molar refractivity (Wildman–Crippen MR) is 84.0 cm³/mol. The minimum atomic E-state index is -0.460. The lowest BCUT2D eigenvalue weighted by atomic mass is 10.0. The molecule has 0 saturated heterocycles. The van der Waals surface area contributed by atoms with Gasteiger partial charge in [0.2, 0.25) is 0 Å². The van der Waals surface area contributed by atoms with Crippen LogP contribution in [0.2, 0.25) is 0 Å². The Labute approximate surface area is 127 Å². The lowest BCUT2D eigenvalue weighted by molar-refractivity contribution is 0.175. The zero-order valence-corrected chi connectivity index (χ0v) is 13.1. The highest BCUT2D eigenvalue weighted by Gasteiger charge is 2.21. The van der Waals surface area contributed by atoms with Gasteiger partial charge >= 0.3 is 0 Å². The van der Waals surface area contributed by atoms with Crippen LogP contribution >= 0.6 is 23.5 Å². The van der Waals surface area contributed by atoms with Gasteiger partial charge in [0.25, 0.3) is 0 Å². The van der Waals surface area contributed by atoms with Gasteiger partial charge in [0.1, 0.15) is 5.75 Å². The van der Waals surface area contributed by atoms with Crippen molar-refractivity contribution < 1.29 is 9.84 Å². The van der Waals surface area contributed by atoms with Gasteiger partial charge < -0.3 is 9.84 Å². The third-order valence-corrected chi connectivity index (χ3v) is 5.41. The molecular formula is C16H16O2S2. The summed E-state index contributed by atoms with van der Waals surface area (Å²) in [5.74, 6) is 0.840. The van der Waals surface area contributed by atoms with E-state index in [0.717, 1.165) is 21.8 Å². The van der Waals surface area contributed by atoms with Crippen LogP contribution in [0.25, 0.3) is 0 Å². The van der Waals surface area contributed by atoms with E-state index in [4.69, 9.17) is 4.74 Å². The summed E-state index contributed by atoms with van der Waals surface area (Å²) >= 11 is 3.42. The Morgan fingerprint density at radius 1 is 1.20 bits per heavy atom. The number of ether oxygens (including phenoxy) is 1. The molecule has 20 heavy (non-hydrogen) atoms. The zero-order valence-electron chi connectivity index (χ0n) is 11.4. The number of hydrogen-bond donors (Lipinski definition) is 1.